The van der Waals surface area contributed by atoms with Crippen LogP contribution in [-0.4, -0.2) is 41.5 Å². The molecule has 1 aromatic rings. The molecule has 0 amide bonds. The number of rotatable bonds is 3. The first-order valence-corrected chi connectivity index (χ1v) is 7.43. The van der Waals surface area contributed by atoms with Crippen molar-refractivity contribution in [2.45, 2.75) is 37.6 Å². The van der Waals surface area contributed by atoms with Crippen molar-refractivity contribution in [1.82, 2.24) is 9.97 Å². The summed E-state index contributed by atoms with van der Waals surface area (Å²) in [7, 11) is 0. The van der Waals surface area contributed by atoms with Gasteiger partial charge in [-0.3, -0.25) is 0 Å². The third-order valence-electron chi connectivity index (χ3n) is 3.13. The Morgan fingerprint density at radius 3 is 3.00 bits per heavy atom. The lowest BCUT2D eigenvalue weighted by molar-refractivity contribution is 0.0295. The first-order chi connectivity index (χ1) is 8.63. The summed E-state index contributed by atoms with van der Waals surface area (Å²) >= 11 is 1.51. The van der Waals surface area contributed by atoms with Crippen LogP contribution >= 0.6 is 11.8 Å². The Labute approximate surface area is 112 Å². The molecular weight excluding hydrogens is 248 g/mol. The van der Waals surface area contributed by atoms with Crippen molar-refractivity contribution in [2.24, 2.45) is 0 Å². The molecular formula is C12H20N4OS. The minimum absolute atomic E-state index is 0.224. The Morgan fingerprint density at radius 2 is 2.33 bits per heavy atom. The second-order valence-electron chi connectivity index (χ2n) is 4.50. The smallest absolute Gasteiger partial charge is 0.191 e. The van der Waals surface area contributed by atoms with Crippen molar-refractivity contribution in [2.75, 3.05) is 30.0 Å². The van der Waals surface area contributed by atoms with Gasteiger partial charge in [-0.15, -0.1) is 0 Å². The van der Waals surface area contributed by atoms with Crippen LogP contribution in [0.25, 0.3) is 0 Å². The highest BCUT2D eigenvalue weighted by Crippen LogP contribution is 2.24. The molecule has 0 radical (unpaired) electrons. The third kappa shape index (κ3) is 2.87. The van der Waals surface area contributed by atoms with E-state index in [4.69, 9.17) is 10.5 Å². The van der Waals surface area contributed by atoms with Gasteiger partial charge in [0.25, 0.3) is 0 Å². The summed E-state index contributed by atoms with van der Waals surface area (Å²) in [6.07, 6.45) is 3.21. The zero-order chi connectivity index (χ0) is 13.1. The van der Waals surface area contributed by atoms with Crippen LogP contribution in [0.5, 0.6) is 0 Å². The molecule has 0 aromatic carbocycles. The molecule has 2 heterocycles. The predicted molar refractivity (Wildman–Crippen MR) is 75.1 cm³/mol. The maximum absolute atomic E-state index is 5.84. The van der Waals surface area contributed by atoms with E-state index in [2.05, 4.69) is 28.7 Å². The number of morpholine rings is 1. The molecule has 5 nitrogen and oxygen atoms in total. The first kappa shape index (κ1) is 13.4. The molecule has 2 N–H and O–H groups in total. The summed E-state index contributed by atoms with van der Waals surface area (Å²) < 4.78 is 5.70. The summed E-state index contributed by atoms with van der Waals surface area (Å²) in [5.74, 6) is 1.44. The van der Waals surface area contributed by atoms with Crippen molar-refractivity contribution in [3.05, 3.63) is 6.07 Å². The molecule has 1 aliphatic rings. The zero-order valence-corrected chi connectivity index (χ0v) is 11.9. The molecule has 6 heteroatoms. The fraction of sp³-hybridized carbons (Fsp3) is 0.667. The number of nitrogens with two attached hydrogens (primary N) is 1. The van der Waals surface area contributed by atoms with Gasteiger partial charge in [0.1, 0.15) is 11.6 Å². The maximum Gasteiger partial charge on any atom is 0.191 e. The van der Waals surface area contributed by atoms with E-state index in [9.17, 15) is 0 Å². The van der Waals surface area contributed by atoms with Crippen LogP contribution in [0.1, 0.15) is 20.3 Å². The van der Waals surface area contributed by atoms with Crippen molar-refractivity contribution in [3.8, 4) is 0 Å². The topological polar surface area (TPSA) is 64.3 Å². The zero-order valence-electron chi connectivity index (χ0n) is 11.1. The minimum Gasteiger partial charge on any atom is -0.383 e. The van der Waals surface area contributed by atoms with E-state index < -0.39 is 0 Å². The molecule has 1 saturated heterocycles. The van der Waals surface area contributed by atoms with Gasteiger partial charge in [-0.1, -0.05) is 18.7 Å². The lowest BCUT2D eigenvalue weighted by Crippen LogP contribution is -2.49. The number of nitrogens with zero attached hydrogens (tertiary/aromatic N) is 3. The largest absolute Gasteiger partial charge is 0.383 e. The Morgan fingerprint density at radius 1 is 1.56 bits per heavy atom. The Kier molecular flexibility index (Phi) is 4.29. The van der Waals surface area contributed by atoms with Crippen LogP contribution in [0, 0.1) is 0 Å². The van der Waals surface area contributed by atoms with Gasteiger partial charge in [0.2, 0.25) is 0 Å². The summed E-state index contributed by atoms with van der Waals surface area (Å²) in [6, 6.07) is 2.21. The average Bonchev–Trinajstić information content (AvgIpc) is 2.38. The summed E-state index contributed by atoms with van der Waals surface area (Å²) in [4.78, 5) is 11.0. The molecule has 0 spiro atoms. The van der Waals surface area contributed by atoms with Gasteiger partial charge in [-0.25, -0.2) is 9.97 Å². The fourth-order valence-electron chi connectivity index (χ4n) is 2.13. The first-order valence-electron chi connectivity index (χ1n) is 6.20. The van der Waals surface area contributed by atoms with Crippen LogP contribution in [0.3, 0.4) is 0 Å². The monoisotopic (exact) mass is 268 g/mol. The van der Waals surface area contributed by atoms with Crippen LogP contribution < -0.4 is 10.6 Å². The van der Waals surface area contributed by atoms with E-state index in [0.29, 0.717) is 11.9 Å². The molecule has 18 heavy (non-hydrogen) atoms. The number of thioether (sulfide) groups is 1. The van der Waals surface area contributed by atoms with Gasteiger partial charge < -0.3 is 15.4 Å². The van der Waals surface area contributed by atoms with E-state index in [1.165, 1.54) is 11.8 Å². The van der Waals surface area contributed by atoms with Crippen molar-refractivity contribution >= 4 is 23.4 Å². The lowest BCUT2D eigenvalue weighted by Gasteiger charge is -2.39. The van der Waals surface area contributed by atoms with Gasteiger partial charge in [-0.2, -0.15) is 0 Å². The van der Waals surface area contributed by atoms with Crippen molar-refractivity contribution in [1.29, 1.82) is 0 Å². The summed E-state index contributed by atoms with van der Waals surface area (Å²) in [5.41, 5.74) is 5.84. The molecule has 1 aliphatic heterocycles. The molecule has 100 valence electrons. The average molecular weight is 268 g/mol. The number of hydrogen-bond donors (Lipinski definition) is 1. The van der Waals surface area contributed by atoms with E-state index in [-0.39, 0.29) is 6.10 Å². The molecule has 0 aliphatic carbocycles. The van der Waals surface area contributed by atoms with Crippen molar-refractivity contribution in [3.63, 3.8) is 0 Å². The van der Waals surface area contributed by atoms with Crippen LogP contribution in [0.2, 0.25) is 0 Å². The Hall–Kier alpha value is -1.01. The summed E-state index contributed by atoms with van der Waals surface area (Å²) in [5, 5.41) is 0.721. The van der Waals surface area contributed by atoms with Gasteiger partial charge >= 0.3 is 0 Å². The van der Waals surface area contributed by atoms with E-state index in [1.54, 1.807) is 0 Å². The van der Waals surface area contributed by atoms with Crippen LogP contribution in [-0.2, 0) is 4.74 Å². The normalized spacial score (nSPS) is 24.3. The van der Waals surface area contributed by atoms with E-state index in [1.807, 2.05) is 12.3 Å². The van der Waals surface area contributed by atoms with E-state index >= 15 is 0 Å². The number of nitrogen functional groups attached to an aromatic ring is 1. The molecule has 2 atom stereocenters. The number of ether oxygens (including phenoxy) is 1. The molecule has 1 fully saturated rings. The second kappa shape index (κ2) is 5.75. The minimum atomic E-state index is 0.224. The molecule has 0 saturated carbocycles. The second-order valence-corrected chi connectivity index (χ2v) is 5.27. The number of aromatic nitrogens is 2. The summed E-state index contributed by atoms with van der Waals surface area (Å²) in [6.45, 7) is 5.84. The molecule has 0 bridgehead atoms. The number of hydrogen-bond acceptors (Lipinski definition) is 6. The molecule has 1 aromatic heterocycles. The quantitative estimate of drug-likeness (QED) is 0.666. The predicted octanol–water partition coefficient (Wildman–Crippen LogP) is 1.78. The fourth-order valence-corrected chi connectivity index (χ4v) is 2.51. The van der Waals surface area contributed by atoms with Crippen LogP contribution in [0.4, 0.5) is 11.6 Å². The van der Waals surface area contributed by atoms with Gasteiger partial charge in [0.05, 0.1) is 18.8 Å². The third-order valence-corrected chi connectivity index (χ3v) is 3.68. The highest BCUT2D eigenvalue weighted by molar-refractivity contribution is 7.98. The van der Waals surface area contributed by atoms with Crippen LogP contribution in [0.15, 0.2) is 11.2 Å². The van der Waals surface area contributed by atoms with Gasteiger partial charge in [0.15, 0.2) is 5.16 Å². The standard InChI is InChI=1S/C12H20N4OS/c1-4-9-7-17-8(2)6-16(9)11-5-10(13)14-12(15-11)18-3/h5,8-9H,4,6-7H2,1-3H3,(H2,13,14,15). The SMILES string of the molecule is CCC1COC(C)CN1c1cc(N)nc(SC)n1. The van der Waals surface area contributed by atoms with Gasteiger partial charge in [0, 0.05) is 12.6 Å². The lowest BCUT2D eigenvalue weighted by atomic mass is 10.1. The highest BCUT2D eigenvalue weighted by atomic mass is 32.2. The van der Waals surface area contributed by atoms with Gasteiger partial charge in [-0.05, 0) is 19.6 Å². The Balaban J connectivity index is 2.29. The Bertz CT molecular complexity index is 415. The maximum atomic E-state index is 5.84. The molecule has 2 unspecified atom stereocenters. The number of anilines is 2. The molecule has 2 rings (SSSR count). The van der Waals surface area contributed by atoms with Crippen molar-refractivity contribution < 1.29 is 4.74 Å². The highest BCUT2D eigenvalue weighted by Gasteiger charge is 2.27. The van der Waals surface area contributed by atoms with E-state index in [0.717, 1.165) is 30.5 Å².